The van der Waals surface area contributed by atoms with Crippen LogP contribution < -0.4 is 5.32 Å². The summed E-state index contributed by atoms with van der Waals surface area (Å²) in [5, 5.41) is 4.07. The van der Waals surface area contributed by atoms with E-state index in [9.17, 15) is 4.79 Å². The molecule has 82 valence electrons. The molecule has 4 heteroatoms. The van der Waals surface area contributed by atoms with Crippen molar-refractivity contribution in [1.82, 2.24) is 5.32 Å². The highest BCUT2D eigenvalue weighted by molar-refractivity contribution is 7.99. The van der Waals surface area contributed by atoms with Gasteiger partial charge >= 0.3 is 5.97 Å². The molecular formula is C10H19NO2S. The summed E-state index contributed by atoms with van der Waals surface area (Å²) in [6.07, 6.45) is 5.75. The number of hydrogen-bond acceptors (Lipinski definition) is 4. The van der Waals surface area contributed by atoms with Gasteiger partial charge in [-0.05, 0) is 32.4 Å². The molecule has 0 saturated heterocycles. The third-order valence-corrected chi connectivity index (χ3v) is 3.85. The molecule has 14 heavy (non-hydrogen) atoms. The number of ether oxygens (including phenoxy) is 1. The van der Waals surface area contributed by atoms with Crippen LogP contribution in [0.5, 0.6) is 0 Å². The minimum Gasteiger partial charge on any atom is -0.468 e. The van der Waals surface area contributed by atoms with Crippen molar-refractivity contribution in [3.8, 4) is 0 Å². The van der Waals surface area contributed by atoms with Crippen LogP contribution in [-0.2, 0) is 9.53 Å². The third-order valence-electron chi connectivity index (χ3n) is 2.76. The van der Waals surface area contributed by atoms with E-state index in [4.69, 9.17) is 0 Å². The Bertz CT molecular complexity index is 199. The smallest absolute Gasteiger partial charge is 0.322 e. The van der Waals surface area contributed by atoms with Gasteiger partial charge in [0.05, 0.1) is 7.11 Å². The fraction of sp³-hybridized carbons (Fsp3) is 0.900. The van der Waals surface area contributed by atoms with Gasteiger partial charge in [0.2, 0.25) is 0 Å². The maximum absolute atomic E-state index is 11.2. The number of nitrogens with one attached hydrogen (secondary N) is 1. The van der Waals surface area contributed by atoms with Crippen LogP contribution in [0.2, 0.25) is 0 Å². The summed E-state index contributed by atoms with van der Waals surface area (Å²) in [5.41, 5.74) is 0. The number of carbonyl (C=O) groups is 1. The van der Waals surface area contributed by atoms with Crippen molar-refractivity contribution < 1.29 is 9.53 Å². The van der Waals surface area contributed by atoms with Gasteiger partial charge in [0.15, 0.2) is 0 Å². The Labute approximate surface area is 90.0 Å². The van der Waals surface area contributed by atoms with E-state index in [-0.39, 0.29) is 12.0 Å². The average Bonchev–Trinajstić information content (AvgIpc) is 2.64. The Kier molecular flexibility index (Phi) is 4.75. The van der Waals surface area contributed by atoms with Crippen molar-refractivity contribution >= 4 is 17.7 Å². The normalized spacial score (nSPS) is 28.8. The van der Waals surface area contributed by atoms with Gasteiger partial charge in [-0.25, -0.2) is 0 Å². The molecule has 3 atom stereocenters. The Balaban J connectivity index is 2.28. The number of carbonyl (C=O) groups excluding carboxylic acids is 1. The molecule has 1 aliphatic carbocycles. The monoisotopic (exact) mass is 217 g/mol. The van der Waals surface area contributed by atoms with Crippen LogP contribution in [0.4, 0.5) is 0 Å². The van der Waals surface area contributed by atoms with Gasteiger partial charge in [0.25, 0.3) is 0 Å². The minimum atomic E-state index is -0.175. The fourth-order valence-corrected chi connectivity index (χ4v) is 2.70. The molecule has 1 N–H and O–H groups in total. The number of thioether (sulfide) groups is 1. The Morgan fingerprint density at radius 3 is 2.79 bits per heavy atom. The maximum Gasteiger partial charge on any atom is 0.322 e. The summed E-state index contributed by atoms with van der Waals surface area (Å²) in [6.45, 7) is 1.86. The van der Waals surface area contributed by atoms with Gasteiger partial charge in [0, 0.05) is 11.3 Å². The first-order valence-electron chi connectivity index (χ1n) is 5.04. The number of methoxy groups -OCH3 is 1. The lowest BCUT2D eigenvalue weighted by Gasteiger charge is -2.17. The van der Waals surface area contributed by atoms with E-state index >= 15 is 0 Å². The lowest BCUT2D eigenvalue weighted by atomic mass is 10.2. The van der Waals surface area contributed by atoms with Crippen molar-refractivity contribution in [2.75, 3.05) is 13.4 Å². The van der Waals surface area contributed by atoms with Crippen LogP contribution in [0, 0.1) is 0 Å². The standard InChI is InChI=1S/C10H19NO2S/c1-7(10(12)13-2)11-8-4-5-9(6-8)14-3/h7-9,11H,4-6H2,1-3H3. The highest BCUT2D eigenvalue weighted by atomic mass is 32.2. The second-order valence-corrected chi connectivity index (χ2v) is 4.92. The zero-order valence-electron chi connectivity index (χ0n) is 9.08. The van der Waals surface area contributed by atoms with Gasteiger partial charge in [-0.3, -0.25) is 4.79 Å². The lowest BCUT2D eigenvalue weighted by Crippen LogP contribution is -2.40. The minimum absolute atomic E-state index is 0.169. The summed E-state index contributed by atoms with van der Waals surface area (Å²) in [5.74, 6) is -0.169. The molecule has 0 aromatic rings. The van der Waals surface area contributed by atoms with Gasteiger partial charge in [0.1, 0.15) is 6.04 Å². The molecule has 0 radical (unpaired) electrons. The Morgan fingerprint density at radius 2 is 2.29 bits per heavy atom. The quantitative estimate of drug-likeness (QED) is 0.723. The molecule has 1 saturated carbocycles. The number of esters is 1. The van der Waals surface area contributed by atoms with Crippen molar-refractivity contribution in [2.24, 2.45) is 0 Å². The lowest BCUT2D eigenvalue weighted by molar-refractivity contribution is -0.142. The van der Waals surface area contributed by atoms with Crippen molar-refractivity contribution in [3.63, 3.8) is 0 Å². The van der Waals surface area contributed by atoms with Crippen LogP contribution in [-0.4, -0.2) is 36.7 Å². The molecule has 0 heterocycles. The molecule has 1 aliphatic rings. The van der Waals surface area contributed by atoms with Crippen LogP contribution >= 0.6 is 11.8 Å². The van der Waals surface area contributed by atoms with Crippen LogP contribution in [0.1, 0.15) is 26.2 Å². The van der Waals surface area contributed by atoms with E-state index in [0.29, 0.717) is 6.04 Å². The predicted molar refractivity (Wildman–Crippen MR) is 59.6 cm³/mol. The summed E-state index contributed by atoms with van der Waals surface area (Å²) in [7, 11) is 1.43. The second-order valence-electron chi connectivity index (χ2n) is 3.78. The van der Waals surface area contributed by atoms with Crippen molar-refractivity contribution in [3.05, 3.63) is 0 Å². The maximum atomic E-state index is 11.2. The molecule has 3 unspecified atom stereocenters. The Hall–Kier alpha value is -0.220. The van der Waals surface area contributed by atoms with Crippen LogP contribution in [0.15, 0.2) is 0 Å². The topological polar surface area (TPSA) is 38.3 Å². The van der Waals surface area contributed by atoms with E-state index < -0.39 is 0 Å². The zero-order chi connectivity index (χ0) is 10.6. The largest absolute Gasteiger partial charge is 0.468 e. The van der Waals surface area contributed by atoms with E-state index in [0.717, 1.165) is 5.25 Å². The van der Waals surface area contributed by atoms with E-state index in [1.165, 1.54) is 26.4 Å². The third kappa shape index (κ3) is 3.17. The van der Waals surface area contributed by atoms with Gasteiger partial charge in [-0.1, -0.05) is 0 Å². The predicted octanol–water partition coefficient (Wildman–Crippen LogP) is 1.42. The van der Waals surface area contributed by atoms with Gasteiger partial charge in [-0.15, -0.1) is 0 Å². The van der Waals surface area contributed by atoms with Crippen molar-refractivity contribution in [1.29, 1.82) is 0 Å². The molecule has 3 nitrogen and oxygen atoms in total. The molecular weight excluding hydrogens is 198 g/mol. The summed E-state index contributed by atoms with van der Waals surface area (Å²) < 4.78 is 4.67. The summed E-state index contributed by atoms with van der Waals surface area (Å²) >= 11 is 1.92. The number of rotatable bonds is 4. The molecule has 0 amide bonds. The summed E-state index contributed by atoms with van der Waals surface area (Å²) in [6, 6.07) is 0.312. The molecule has 1 rings (SSSR count). The van der Waals surface area contributed by atoms with Gasteiger partial charge in [-0.2, -0.15) is 11.8 Å². The molecule has 0 bridgehead atoms. The fourth-order valence-electron chi connectivity index (χ4n) is 1.90. The molecule has 0 aromatic heterocycles. The van der Waals surface area contributed by atoms with Crippen molar-refractivity contribution in [2.45, 2.75) is 43.5 Å². The first-order chi connectivity index (χ1) is 6.67. The second kappa shape index (κ2) is 5.61. The van der Waals surface area contributed by atoms with E-state index in [1.54, 1.807) is 0 Å². The molecule has 0 aromatic carbocycles. The summed E-state index contributed by atoms with van der Waals surface area (Å²) in [4.78, 5) is 11.2. The highest BCUT2D eigenvalue weighted by Gasteiger charge is 2.26. The van der Waals surface area contributed by atoms with Crippen LogP contribution in [0.3, 0.4) is 0 Å². The zero-order valence-corrected chi connectivity index (χ0v) is 9.89. The number of hydrogen-bond donors (Lipinski definition) is 1. The molecule has 0 aliphatic heterocycles. The van der Waals surface area contributed by atoms with E-state index in [1.807, 2.05) is 18.7 Å². The highest BCUT2D eigenvalue weighted by Crippen LogP contribution is 2.28. The van der Waals surface area contributed by atoms with E-state index in [2.05, 4.69) is 16.3 Å². The SMILES string of the molecule is COC(=O)C(C)NC1CCC(SC)C1. The first-order valence-corrected chi connectivity index (χ1v) is 6.32. The average molecular weight is 217 g/mol. The first kappa shape index (κ1) is 11.9. The van der Waals surface area contributed by atoms with Gasteiger partial charge < -0.3 is 10.1 Å². The molecule has 0 spiro atoms. The van der Waals surface area contributed by atoms with Crippen LogP contribution in [0.25, 0.3) is 0 Å². The Morgan fingerprint density at radius 1 is 1.57 bits per heavy atom. The molecule has 1 fully saturated rings.